The molecule has 0 spiro atoms. The summed E-state index contributed by atoms with van der Waals surface area (Å²) in [7, 11) is 1.71. The van der Waals surface area contributed by atoms with Gasteiger partial charge in [-0.3, -0.25) is 0 Å². The van der Waals surface area contributed by atoms with Gasteiger partial charge in [-0.25, -0.2) is 0 Å². The van der Waals surface area contributed by atoms with Crippen molar-refractivity contribution in [2.45, 2.75) is 52.4 Å². The van der Waals surface area contributed by atoms with Gasteiger partial charge in [0, 0.05) is 11.1 Å². The molecule has 3 atom stereocenters. The molecule has 2 aromatic rings. The summed E-state index contributed by atoms with van der Waals surface area (Å²) in [6.45, 7) is 9.27. The predicted molar refractivity (Wildman–Crippen MR) is 98.4 cm³/mol. The molecule has 0 fully saturated rings. The highest BCUT2D eigenvalue weighted by molar-refractivity contribution is 5.67. The van der Waals surface area contributed by atoms with E-state index in [-0.39, 0.29) is 0 Å². The smallest absolute Gasteiger partial charge is 0.236 e. The topological polar surface area (TPSA) is 35.0 Å². The quantitative estimate of drug-likeness (QED) is 0.752. The first-order chi connectivity index (χ1) is 11.5. The van der Waals surface area contributed by atoms with Gasteiger partial charge in [0.2, 0.25) is 5.88 Å². The van der Waals surface area contributed by atoms with Crippen molar-refractivity contribution in [3.63, 3.8) is 0 Å². The molecule has 3 heteroatoms. The molecule has 24 heavy (non-hydrogen) atoms. The summed E-state index contributed by atoms with van der Waals surface area (Å²) in [6.07, 6.45) is 2.36. The lowest BCUT2D eigenvalue weighted by Gasteiger charge is -2.36. The molecule has 0 saturated carbocycles. The summed E-state index contributed by atoms with van der Waals surface area (Å²) in [5.74, 6) is 2.97. The highest BCUT2D eigenvalue weighted by atomic mass is 16.5. The number of aromatic nitrogens is 2. The molecule has 2 unspecified atom stereocenters. The molecule has 0 N–H and O–H groups in total. The van der Waals surface area contributed by atoms with Crippen molar-refractivity contribution in [2.75, 3.05) is 7.11 Å². The van der Waals surface area contributed by atoms with Crippen molar-refractivity contribution in [1.29, 1.82) is 0 Å². The maximum Gasteiger partial charge on any atom is 0.236 e. The zero-order valence-corrected chi connectivity index (χ0v) is 15.4. The molecular formula is C21H28N2O. The number of hydrogen-bond acceptors (Lipinski definition) is 3. The van der Waals surface area contributed by atoms with Crippen molar-refractivity contribution >= 4 is 0 Å². The van der Waals surface area contributed by atoms with Crippen LogP contribution < -0.4 is 4.74 Å². The lowest BCUT2D eigenvalue weighted by atomic mass is 9.69. The van der Waals surface area contributed by atoms with Crippen LogP contribution in [0.1, 0.15) is 63.5 Å². The first kappa shape index (κ1) is 16.9. The fourth-order valence-electron chi connectivity index (χ4n) is 4.10. The van der Waals surface area contributed by atoms with Crippen LogP contribution in [-0.4, -0.2) is 17.3 Å². The standard InChI is InChI=1S/C21H28N2O/c1-13(2)11-17-12-14(3)15(4)18-19(17)21(24-5)23-22-20(18)16-9-7-6-8-10-16/h6-10,13-15,17H,11-12H2,1-5H3/t14?,15-,17?/m1/s1. The minimum Gasteiger partial charge on any atom is -0.480 e. The Balaban J connectivity index is 2.22. The first-order valence-corrected chi connectivity index (χ1v) is 9.02. The van der Waals surface area contributed by atoms with Gasteiger partial charge in [0.15, 0.2) is 0 Å². The second-order valence-corrected chi connectivity index (χ2v) is 7.58. The maximum atomic E-state index is 5.63. The van der Waals surface area contributed by atoms with Gasteiger partial charge in [0.25, 0.3) is 0 Å². The second kappa shape index (κ2) is 6.92. The van der Waals surface area contributed by atoms with Gasteiger partial charge in [-0.1, -0.05) is 58.0 Å². The van der Waals surface area contributed by atoms with Gasteiger partial charge in [-0.15, -0.1) is 10.2 Å². The minimum absolute atomic E-state index is 0.461. The van der Waals surface area contributed by atoms with Gasteiger partial charge in [0.05, 0.1) is 12.8 Å². The Labute approximate surface area is 145 Å². The molecule has 1 aromatic carbocycles. The Bertz CT molecular complexity index is 696. The third-order valence-electron chi connectivity index (χ3n) is 5.39. The fourth-order valence-corrected chi connectivity index (χ4v) is 4.10. The van der Waals surface area contributed by atoms with Gasteiger partial charge in [-0.2, -0.15) is 0 Å². The summed E-state index contributed by atoms with van der Waals surface area (Å²) in [5, 5.41) is 8.99. The van der Waals surface area contributed by atoms with Crippen LogP contribution >= 0.6 is 0 Å². The number of hydrogen-bond donors (Lipinski definition) is 0. The van der Waals surface area contributed by atoms with Crippen LogP contribution in [0.3, 0.4) is 0 Å². The van der Waals surface area contributed by atoms with Crippen LogP contribution in [0.25, 0.3) is 11.3 Å². The Hall–Kier alpha value is -1.90. The average molecular weight is 324 g/mol. The van der Waals surface area contributed by atoms with Crippen molar-refractivity contribution in [1.82, 2.24) is 10.2 Å². The van der Waals surface area contributed by atoms with Crippen LogP contribution in [0.5, 0.6) is 5.88 Å². The number of methoxy groups -OCH3 is 1. The summed E-state index contributed by atoms with van der Waals surface area (Å²) >= 11 is 0. The predicted octanol–water partition coefficient (Wildman–Crippen LogP) is 5.43. The Morgan fingerprint density at radius 1 is 1.08 bits per heavy atom. The Morgan fingerprint density at radius 2 is 1.79 bits per heavy atom. The van der Waals surface area contributed by atoms with E-state index in [1.165, 1.54) is 24.0 Å². The third kappa shape index (κ3) is 3.04. The maximum absolute atomic E-state index is 5.63. The molecule has 128 valence electrons. The molecule has 0 bridgehead atoms. The molecule has 3 rings (SSSR count). The highest BCUT2D eigenvalue weighted by Crippen LogP contribution is 2.50. The zero-order valence-electron chi connectivity index (χ0n) is 15.4. The molecule has 0 saturated heterocycles. The highest BCUT2D eigenvalue weighted by Gasteiger charge is 2.36. The molecule has 1 aliphatic carbocycles. The van der Waals surface area contributed by atoms with E-state index in [9.17, 15) is 0 Å². The van der Waals surface area contributed by atoms with Gasteiger partial charge >= 0.3 is 0 Å². The van der Waals surface area contributed by atoms with Crippen LogP contribution in [0.2, 0.25) is 0 Å². The largest absolute Gasteiger partial charge is 0.480 e. The van der Waals surface area contributed by atoms with Crippen LogP contribution in [-0.2, 0) is 0 Å². The molecule has 1 aromatic heterocycles. The van der Waals surface area contributed by atoms with Gasteiger partial charge < -0.3 is 4.74 Å². The normalized spacial score (nSPS) is 23.2. The van der Waals surface area contributed by atoms with Crippen LogP contribution in [0.15, 0.2) is 30.3 Å². The molecular weight excluding hydrogens is 296 g/mol. The van der Waals surface area contributed by atoms with E-state index in [2.05, 4.69) is 62.2 Å². The number of fused-ring (bicyclic) bond motifs is 1. The van der Waals surface area contributed by atoms with Gasteiger partial charge in [0.1, 0.15) is 0 Å². The Kier molecular flexibility index (Phi) is 4.88. The number of nitrogens with zero attached hydrogens (tertiary/aromatic N) is 2. The van der Waals surface area contributed by atoms with E-state index in [4.69, 9.17) is 4.74 Å². The van der Waals surface area contributed by atoms with Crippen molar-refractivity contribution in [3.05, 3.63) is 41.5 Å². The van der Waals surface area contributed by atoms with E-state index in [1.807, 2.05) is 6.07 Å². The zero-order chi connectivity index (χ0) is 17.3. The SMILES string of the molecule is COc1nnc(-c2ccccc2)c2c1C(CC(C)C)CC(C)[C@H]2C. The van der Waals surface area contributed by atoms with E-state index in [0.29, 0.717) is 29.6 Å². The number of benzene rings is 1. The molecule has 1 aliphatic rings. The van der Waals surface area contributed by atoms with Crippen LogP contribution in [0, 0.1) is 11.8 Å². The first-order valence-electron chi connectivity index (χ1n) is 9.02. The molecule has 0 aliphatic heterocycles. The fraction of sp³-hybridized carbons (Fsp3) is 0.524. The molecule has 0 radical (unpaired) electrons. The molecule has 0 amide bonds. The minimum atomic E-state index is 0.461. The molecule has 1 heterocycles. The van der Waals surface area contributed by atoms with Crippen molar-refractivity contribution in [2.24, 2.45) is 11.8 Å². The van der Waals surface area contributed by atoms with E-state index in [1.54, 1.807) is 7.11 Å². The Morgan fingerprint density at radius 3 is 2.42 bits per heavy atom. The lowest BCUT2D eigenvalue weighted by molar-refractivity contribution is 0.317. The van der Waals surface area contributed by atoms with Gasteiger partial charge in [-0.05, 0) is 42.1 Å². The van der Waals surface area contributed by atoms with Crippen LogP contribution in [0.4, 0.5) is 0 Å². The average Bonchev–Trinajstić information content (AvgIpc) is 2.58. The second-order valence-electron chi connectivity index (χ2n) is 7.58. The van der Waals surface area contributed by atoms with Crippen molar-refractivity contribution < 1.29 is 4.74 Å². The lowest BCUT2D eigenvalue weighted by Crippen LogP contribution is -2.24. The number of rotatable bonds is 4. The monoisotopic (exact) mass is 324 g/mol. The molecule has 3 nitrogen and oxygen atoms in total. The number of ether oxygens (including phenoxy) is 1. The van der Waals surface area contributed by atoms with E-state index < -0.39 is 0 Å². The third-order valence-corrected chi connectivity index (χ3v) is 5.39. The van der Waals surface area contributed by atoms with E-state index in [0.717, 1.165) is 11.3 Å². The van der Waals surface area contributed by atoms with E-state index >= 15 is 0 Å². The summed E-state index contributed by atoms with van der Waals surface area (Å²) < 4.78 is 5.63. The van der Waals surface area contributed by atoms with Crippen molar-refractivity contribution in [3.8, 4) is 17.1 Å². The summed E-state index contributed by atoms with van der Waals surface area (Å²) in [4.78, 5) is 0. The summed E-state index contributed by atoms with van der Waals surface area (Å²) in [5.41, 5.74) is 4.82. The summed E-state index contributed by atoms with van der Waals surface area (Å²) in [6, 6.07) is 10.4.